The number of rotatable bonds is 8. The smallest absolute Gasteiger partial charge is 0.129 e. The van der Waals surface area contributed by atoms with E-state index >= 15 is 0 Å². The fourth-order valence-corrected chi connectivity index (χ4v) is 2.38. The van der Waals surface area contributed by atoms with Crippen LogP contribution in [0.1, 0.15) is 37.4 Å². The van der Waals surface area contributed by atoms with Gasteiger partial charge < -0.3 is 10.0 Å². The summed E-state index contributed by atoms with van der Waals surface area (Å²) in [5.41, 5.74) is 0.525. The number of unbranched alkanes of at least 4 members (excludes halogenated alkanes) is 2. The molecule has 118 valence electrons. The third kappa shape index (κ3) is 7.31. The molecular weight excluding hydrogens is 291 g/mol. The number of halogens is 2. The highest BCUT2D eigenvalue weighted by Gasteiger charge is 2.23. The first-order valence-corrected chi connectivity index (χ1v) is 6.99. The van der Waals surface area contributed by atoms with Crippen molar-refractivity contribution >= 4 is 12.4 Å². The lowest BCUT2D eigenvalue weighted by Gasteiger charge is -2.24. The Morgan fingerprint density at radius 2 is 2.05 bits per heavy atom. The molecule has 1 rings (SSSR count). The van der Waals surface area contributed by atoms with Crippen LogP contribution in [0.4, 0.5) is 4.39 Å². The number of phenolic OH excluding ortho intramolecular Hbond substituents is 1. The molecule has 2 atom stereocenters. The molecule has 0 aliphatic rings. The van der Waals surface area contributed by atoms with Gasteiger partial charge in [-0.2, -0.15) is 5.26 Å². The first kappa shape index (κ1) is 19.7. The van der Waals surface area contributed by atoms with Gasteiger partial charge in [0.05, 0.1) is 6.07 Å². The minimum atomic E-state index is -1.09. The highest BCUT2D eigenvalue weighted by molar-refractivity contribution is 5.85. The Kier molecular flexibility index (Phi) is 9.77. The Morgan fingerprint density at radius 3 is 2.62 bits per heavy atom. The third-order valence-corrected chi connectivity index (χ3v) is 3.32. The lowest BCUT2D eigenvalue weighted by molar-refractivity contribution is 0.174. The van der Waals surface area contributed by atoms with Gasteiger partial charge in [-0.25, -0.2) is 4.39 Å². The Labute approximate surface area is 132 Å². The lowest BCUT2D eigenvalue weighted by Crippen LogP contribution is -2.25. The van der Waals surface area contributed by atoms with Crippen molar-refractivity contribution < 1.29 is 9.50 Å². The number of alkyl halides is 1. The number of hydrogen-bond acceptors (Lipinski definition) is 3. The number of hydrogen-bond donors (Lipinski definition) is 1. The van der Waals surface area contributed by atoms with Crippen LogP contribution in [0.15, 0.2) is 24.3 Å². The molecule has 1 N–H and O–H groups in total. The van der Waals surface area contributed by atoms with Gasteiger partial charge in [-0.15, -0.1) is 12.4 Å². The zero-order chi connectivity index (χ0) is 15.0. The predicted octanol–water partition coefficient (Wildman–Crippen LogP) is 4.09. The van der Waals surface area contributed by atoms with Gasteiger partial charge >= 0.3 is 0 Å². The molecule has 0 amide bonds. The van der Waals surface area contributed by atoms with Crippen LogP contribution in [-0.2, 0) is 0 Å². The molecule has 0 aliphatic carbocycles. The fraction of sp³-hybridized carbons (Fsp3) is 0.562. The van der Waals surface area contributed by atoms with Gasteiger partial charge in [-0.3, -0.25) is 0 Å². The van der Waals surface area contributed by atoms with E-state index in [1.165, 1.54) is 6.07 Å². The maximum absolute atomic E-state index is 14.6. The molecule has 0 spiro atoms. The van der Waals surface area contributed by atoms with Crippen molar-refractivity contribution in [3.8, 4) is 11.8 Å². The molecule has 0 aliphatic heterocycles. The van der Waals surface area contributed by atoms with Gasteiger partial charge in [0.1, 0.15) is 11.9 Å². The molecule has 0 fully saturated rings. The topological polar surface area (TPSA) is 47.3 Å². The maximum Gasteiger partial charge on any atom is 0.129 e. The molecule has 0 bridgehead atoms. The fourth-order valence-electron chi connectivity index (χ4n) is 2.38. The summed E-state index contributed by atoms with van der Waals surface area (Å²) in [6.07, 6.45) is 1.85. The summed E-state index contributed by atoms with van der Waals surface area (Å²) in [6, 6.07) is 8.52. The summed E-state index contributed by atoms with van der Waals surface area (Å²) in [5, 5.41) is 18.0. The molecule has 0 aromatic heterocycles. The molecule has 0 unspecified atom stereocenters. The number of aromatic hydroxyl groups is 1. The van der Waals surface area contributed by atoms with Gasteiger partial charge in [0.25, 0.3) is 0 Å². The molecule has 0 saturated carbocycles. The third-order valence-electron chi connectivity index (χ3n) is 3.32. The van der Waals surface area contributed by atoms with Gasteiger partial charge in [0, 0.05) is 18.9 Å². The van der Waals surface area contributed by atoms with E-state index in [9.17, 15) is 9.50 Å². The number of nitriles is 1. The SMILES string of the molecule is CN(C)C[C@H](CCCCC#N)[C@H](F)c1cccc(O)c1.Cl. The molecule has 5 heteroatoms. The van der Waals surface area contributed by atoms with Crippen molar-refractivity contribution in [2.75, 3.05) is 20.6 Å². The summed E-state index contributed by atoms with van der Waals surface area (Å²) >= 11 is 0. The Balaban J connectivity index is 0.00000400. The second-order valence-electron chi connectivity index (χ2n) is 5.42. The molecule has 0 saturated heterocycles. The van der Waals surface area contributed by atoms with Crippen molar-refractivity contribution in [1.29, 1.82) is 5.26 Å². The summed E-state index contributed by atoms with van der Waals surface area (Å²) in [5.74, 6) is -0.0243. The van der Waals surface area contributed by atoms with Crippen LogP contribution in [0.2, 0.25) is 0 Å². The maximum atomic E-state index is 14.6. The van der Waals surface area contributed by atoms with E-state index in [1.807, 2.05) is 19.0 Å². The van der Waals surface area contributed by atoms with Gasteiger partial charge in [-0.1, -0.05) is 18.6 Å². The minimum absolute atomic E-state index is 0. The van der Waals surface area contributed by atoms with Crippen LogP contribution >= 0.6 is 12.4 Å². The minimum Gasteiger partial charge on any atom is -0.508 e. The van der Waals surface area contributed by atoms with Crippen LogP contribution in [-0.4, -0.2) is 30.6 Å². The van der Waals surface area contributed by atoms with E-state index in [1.54, 1.807) is 18.2 Å². The molecule has 21 heavy (non-hydrogen) atoms. The molecule has 1 aromatic rings. The van der Waals surface area contributed by atoms with Crippen molar-refractivity contribution in [2.45, 2.75) is 31.9 Å². The van der Waals surface area contributed by atoms with E-state index in [0.717, 1.165) is 19.3 Å². The summed E-state index contributed by atoms with van der Waals surface area (Å²) in [4.78, 5) is 1.98. The van der Waals surface area contributed by atoms with Crippen molar-refractivity contribution in [3.63, 3.8) is 0 Å². The zero-order valence-corrected chi connectivity index (χ0v) is 13.4. The van der Waals surface area contributed by atoms with Crippen LogP contribution in [0, 0.1) is 17.2 Å². The Morgan fingerprint density at radius 1 is 1.33 bits per heavy atom. The zero-order valence-electron chi connectivity index (χ0n) is 12.6. The molecular formula is C16H24ClFN2O. The molecule has 1 aromatic carbocycles. The normalized spacial score (nSPS) is 13.3. The highest BCUT2D eigenvalue weighted by atomic mass is 35.5. The van der Waals surface area contributed by atoms with Crippen molar-refractivity contribution in [1.82, 2.24) is 4.90 Å². The van der Waals surface area contributed by atoms with E-state index in [2.05, 4.69) is 6.07 Å². The van der Waals surface area contributed by atoms with Gasteiger partial charge in [0.15, 0.2) is 0 Å². The van der Waals surface area contributed by atoms with E-state index in [-0.39, 0.29) is 24.1 Å². The van der Waals surface area contributed by atoms with E-state index < -0.39 is 6.17 Å². The van der Waals surface area contributed by atoms with Crippen molar-refractivity contribution in [2.24, 2.45) is 5.92 Å². The standard InChI is InChI=1S/C16H23FN2O.ClH/c1-19(2)12-14(7-4-3-5-10-18)16(17)13-8-6-9-15(20)11-13;/h6,8-9,11,14,16,20H,3-5,7,12H2,1-2H3;1H/t14-,16+;/m0./s1. The largest absolute Gasteiger partial charge is 0.508 e. The second-order valence-corrected chi connectivity index (χ2v) is 5.42. The highest BCUT2D eigenvalue weighted by Crippen LogP contribution is 2.32. The second kappa shape index (κ2) is 10.4. The average molecular weight is 315 g/mol. The van der Waals surface area contributed by atoms with Gasteiger partial charge in [0.2, 0.25) is 0 Å². The first-order chi connectivity index (χ1) is 9.54. The van der Waals surface area contributed by atoms with E-state index in [0.29, 0.717) is 18.5 Å². The predicted molar refractivity (Wildman–Crippen MR) is 85.3 cm³/mol. The van der Waals surface area contributed by atoms with Gasteiger partial charge in [-0.05, 0) is 44.6 Å². The molecule has 0 radical (unpaired) electrons. The lowest BCUT2D eigenvalue weighted by atomic mass is 9.91. The quantitative estimate of drug-likeness (QED) is 0.735. The molecule has 3 nitrogen and oxygen atoms in total. The first-order valence-electron chi connectivity index (χ1n) is 6.99. The van der Waals surface area contributed by atoms with Crippen LogP contribution in [0.3, 0.4) is 0 Å². The number of nitrogens with zero attached hydrogens (tertiary/aromatic N) is 2. The monoisotopic (exact) mass is 314 g/mol. The Bertz CT molecular complexity index is 448. The van der Waals surface area contributed by atoms with Crippen LogP contribution < -0.4 is 0 Å². The summed E-state index contributed by atoms with van der Waals surface area (Å²) in [7, 11) is 3.86. The van der Waals surface area contributed by atoms with E-state index in [4.69, 9.17) is 5.26 Å². The number of benzene rings is 1. The van der Waals surface area contributed by atoms with Crippen LogP contribution in [0.5, 0.6) is 5.75 Å². The summed E-state index contributed by atoms with van der Waals surface area (Å²) in [6.45, 7) is 0.656. The van der Waals surface area contributed by atoms with Crippen LogP contribution in [0.25, 0.3) is 0 Å². The average Bonchev–Trinajstić information content (AvgIpc) is 2.41. The molecule has 0 heterocycles. The van der Waals surface area contributed by atoms with Crippen molar-refractivity contribution in [3.05, 3.63) is 29.8 Å². The number of phenols is 1. The summed E-state index contributed by atoms with van der Waals surface area (Å²) < 4.78 is 14.6. The Hall–Kier alpha value is -1.31.